The fourth-order valence-electron chi connectivity index (χ4n) is 1.34. The Kier molecular flexibility index (Phi) is 8.10. The fourth-order valence-corrected chi connectivity index (χ4v) is 3.08. The van der Waals surface area contributed by atoms with E-state index in [1.54, 1.807) is 13.8 Å². The molecule has 0 aromatic rings. The zero-order chi connectivity index (χ0) is 14.2. The molecule has 0 fully saturated rings. The molecule has 110 valence electrons. The van der Waals surface area contributed by atoms with Gasteiger partial charge in [0, 0.05) is 6.42 Å². The van der Waals surface area contributed by atoms with Crippen molar-refractivity contribution in [1.82, 2.24) is 0 Å². The van der Waals surface area contributed by atoms with Gasteiger partial charge in [-0.3, -0.25) is 4.57 Å². The minimum atomic E-state index is -4.29. The molecule has 18 heavy (non-hydrogen) atoms. The molecule has 0 aromatic heterocycles. The highest BCUT2D eigenvalue weighted by atomic mass is 31.2. The van der Waals surface area contributed by atoms with Gasteiger partial charge < -0.3 is 14.2 Å². The molecule has 0 bridgehead atoms. The van der Waals surface area contributed by atoms with E-state index in [1.807, 2.05) is 0 Å². The van der Waals surface area contributed by atoms with Gasteiger partial charge in [-0.2, -0.15) is 13.2 Å². The second-order valence-corrected chi connectivity index (χ2v) is 5.95. The van der Waals surface area contributed by atoms with Crippen molar-refractivity contribution in [2.75, 3.05) is 19.4 Å². The summed E-state index contributed by atoms with van der Waals surface area (Å²) in [5.74, 6) is 0. The lowest BCUT2D eigenvalue weighted by molar-refractivity contribution is -0.140. The van der Waals surface area contributed by atoms with E-state index in [-0.39, 0.29) is 25.8 Å². The standard InChI is InChI=1S/C10H20F3O4P/c1-3-16-18(15,17-4-2)8-6-9(14)5-7-10(11,12)13/h9,14H,3-8H2,1-2H3. The van der Waals surface area contributed by atoms with Gasteiger partial charge in [0.15, 0.2) is 0 Å². The maximum atomic E-state index is 11.9. The van der Waals surface area contributed by atoms with Crippen LogP contribution in [0.3, 0.4) is 0 Å². The van der Waals surface area contributed by atoms with Crippen LogP contribution in [-0.2, 0) is 13.6 Å². The summed E-state index contributed by atoms with van der Waals surface area (Å²) in [5.41, 5.74) is 0. The first-order chi connectivity index (χ1) is 8.22. The Morgan fingerprint density at radius 3 is 2.06 bits per heavy atom. The summed E-state index contributed by atoms with van der Waals surface area (Å²) in [6.07, 6.45) is -7.00. The highest BCUT2D eigenvalue weighted by Gasteiger charge is 2.29. The van der Waals surface area contributed by atoms with E-state index in [9.17, 15) is 22.8 Å². The van der Waals surface area contributed by atoms with Crippen LogP contribution >= 0.6 is 7.60 Å². The van der Waals surface area contributed by atoms with Gasteiger partial charge in [0.1, 0.15) is 0 Å². The van der Waals surface area contributed by atoms with Crippen molar-refractivity contribution in [3.63, 3.8) is 0 Å². The van der Waals surface area contributed by atoms with Crippen molar-refractivity contribution in [3.8, 4) is 0 Å². The van der Waals surface area contributed by atoms with Crippen LogP contribution in [0.4, 0.5) is 13.2 Å². The van der Waals surface area contributed by atoms with E-state index >= 15 is 0 Å². The number of aliphatic hydroxyl groups excluding tert-OH is 1. The molecule has 0 rings (SSSR count). The molecule has 1 atom stereocenters. The molecule has 0 amide bonds. The zero-order valence-corrected chi connectivity index (χ0v) is 11.5. The molecule has 0 aromatic carbocycles. The molecule has 0 radical (unpaired) electrons. The van der Waals surface area contributed by atoms with Crippen molar-refractivity contribution in [3.05, 3.63) is 0 Å². The smallest absolute Gasteiger partial charge is 0.389 e. The Morgan fingerprint density at radius 2 is 1.67 bits per heavy atom. The summed E-state index contributed by atoms with van der Waals surface area (Å²) in [5, 5.41) is 9.38. The SMILES string of the molecule is CCOP(=O)(CCC(O)CCC(F)(F)F)OCC. The Bertz CT molecular complexity index is 260. The largest absolute Gasteiger partial charge is 0.393 e. The first-order valence-electron chi connectivity index (χ1n) is 5.85. The molecule has 0 aliphatic rings. The average Bonchev–Trinajstić information content (AvgIpc) is 2.23. The number of rotatable bonds is 9. The van der Waals surface area contributed by atoms with Crippen molar-refractivity contribution in [2.24, 2.45) is 0 Å². The first kappa shape index (κ1) is 17.9. The lowest BCUT2D eigenvalue weighted by Crippen LogP contribution is -2.16. The summed E-state index contributed by atoms with van der Waals surface area (Å²) in [7, 11) is -3.28. The van der Waals surface area contributed by atoms with E-state index in [0.717, 1.165) is 0 Å². The van der Waals surface area contributed by atoms with Crippen molar-refractivity contribution in [2.45, 2.75) is 45.4 Å². The van der Waals surface area contributed by atoms with E-state index in [0.29, 0.717) is 0 Å². The summed E-state index contributed by atoms with van der Waals surface area (Å²) >= 11 is 0. The van der Waals surface area contributed by atoms with Crippen LogP contribution < -0.4 is 0 Å². The summed E-state index contributed by atoms with van der Waals surface area (Å²) in [6.45, 7) is 3.67. The molecule has 0 saturated carbocycles. The van der Waals surface area contributed by atoms with Crippen LogP contribution in [0.25, 0.3) is 0 Å². The minimum Gasteiger partial charge on any atom is -0.393 e. The van der Waals surface area contributed by atoms with E-state index < -0.39 is 32.7 Å². The third-order valence-electron chi connectivity index (χ3n) is 2.15. The maximum Gasteiger partial charge on any atom is 0.389 e. The van der Waals surface area contributed by atoms with Gasteiger partial charge in [0.05, 0.1) is 25.5 Å². The third kappa shape index (κ3) is 8.91. The molecular weight excluding hydrogens is 272 g/mol. The Morgan fingerprint density at radius 1 is 1.17 bits per heavy atom. The normalized spacial score (nSPS) is 14.8. The number of hydrogen-bond acceptors (Lipinski definition) is 4. The van der Waals surface area contributed by atoms with Gasteiger partial charge in [0.2, 0.25) is 0 Å². The van der Waals surface area contributed by atoms with Crippen LogP contribution in [0.5, 0.6) is 0 Å². The monoisotopic (exact) mass is 292 g/mol. The Balaban J connectivity index is 4.07. The second kappa shape index (κ2) is 8.15. The molecule has 8 heteroatoms. The molecule has 4 nitrogen and oxygen atoms in total. The molecule has 0 aliphatic heterocycles. The third-order valence-corrected chi connectivity index (χ3v) is 4.26. The maximum absolute atomic E-state index is 11.9. The van der Waals surface area contributed by atoms with Crippen LogP contribution in [0.15, 0.2) is 0 Å². The molecule has 0 spiro atoms. The number of aliphatic hydroxyl groups is 1. The molecule has 1 unspecified atom stereocenters. The molecule has 0 heterocycles. The lowest BCUT2D eigenvalue weighted by atomic mass is 10.1. The summed E-state index contributed by atoms with van der Waals surface area (Å²) in [6, 6.07) is 0. The first-order valence-corrected chi connectivity index (χ1v) is 7.58. The zero-order valence-electron chi connectivity index (χ0n) is 10.6. The van der Waals surface area contributed by atoms with Crippen molar-refractivity contribution < 1.29 is 31.9 Å². The fraction of sp³-hybridized carbons (Fsp3) is 1.00. The molecule has 0 aliphatic carbocycles. The van der Waals surface area contributed by atoms with Crippen LogP contribution in [0.1, 0.15) is 33.1 Å². The summed E-state index contributed by atoms with van der Waals surface area (Å²) < 4.78 is 57.6. The number of alkyl halides is 3. The minimum absolute atomic E-state index is 0.0344. The summed E-state index contributed by atoms with van der Waals surface area (Å²) in [4.78, 5) is 0. The van der Waals surface area contributed by atoms with E-state index in [4.69, 9.17) is 9.05 Å². The van der Waals surface area contributed by atoms with Crippen molar-refractivity contribution in [1.29, 1.82) is 0 Å². The topological polar surface area (TPSA) is 55.8 Å². The predicted molar refractivity (Wildman–Crippen MR) is 61.6 cm³/mol. The van der Waals surface area contributed by atoms with Gasteiger partial charge >= 0.3 is 13.8 Å². The van der Waals surface area contributed by atoms with Crippen LogP contribution in [-0.4, -0.2) is 36.8 Å². The van der Waals surface area contributed by atoms with Gasteiger partial charge in [-0.1, -0.05) is 0 Å². The predicted octanol–water partition coefficient (Wildman–Crippen LogP) is 3.35. The van der Waals surface area contributed by atoms with Crippen LogP contribution in [0, 0.1) is 0 Å². The number of hydrogen-bond donors (Lipinski definition) is 1. The van der Waals surface area contributed by atoms with Gasteiger partial charge in [-0.05, 0) is 26.7 Å². The van der Waals surface area contributed by atoms with Gasteiger partial charge in [-0.25, -0.2) is 0 Å². The van der Waals surface area contributed by atoms with Crippen LogP contribution in [0.2, 0.25) is 0 Å². The Hall–Kier alpha value is -0.100. The highest BCUT2D eigenvalue weighted by Crippen LogP contribution is 2.48. The number of halogens is 3. The highest BCUT2D eigenvalue weighted by molar-refractivity contribution is 7.53. The Labute approximate surface area is 105 Å². The van der Waals surface area contributed by atoms with Gasteiger partial charge in [-0.15, -0.1) is 0 Å². The average molecular weight is 292 g/mol. The molecule has 0 saturated heterocycles. The quantitative estimate of drug-likeness (QED) is 0.662. The van der Waals surface area contributed by atoms with Crippen molar-refractivity contribution >= 4 is 7.60 Å². The molecule has 1 N–H and O–H groups in total. The lowest BCUT2D eigenvalue weighted by Gasteiger charge is -2.18. The van der Waals surface area contributed by atoms with E-state index in [1.165, 1.54) is 0 Å². The van der Waals surface area contributed by atoms with E-state index in [2.05, 4.69) is 0 Å². The second-order valence-electron chi connectivity index (χ2n) is 3.77. The van der Waals surface area contributed by atoms with Gasteiger partial charge in [0.25, 0.3) is 0 Å². The molecular formula is C10H20F3O4P.